The van der Waals surface area contributed by atoms with Crippen LogP contribution in [0.2, 0.25) is 0 Å². The van der Waals surface area contributed by atoms with E-state index in [2.05, 4.69) is 12.2 Å². The topological polar surface area (TPSA) is 93.5 Å². The number of carbonyl (C=O) groups excluding carboxylic acids is 2. The lowest BCUT2D eigenvalue weighted by molar-refractivity contribution is -0.132. The lowest BCUT2D eigenvalue weighted by Crippen LogP contribution is -2.45. The Balaban J connectivity index is 1.75. The van der Waals surface area contributed by atoms with Gasteiger partial charge >= 0.3 is 6.03 Å². The number of amides is 3. The maximum Gasteiger partial charge on any atom is 0.322 e. The first kappa shape index (κ1) is 30.4. The molecule has 3 rings (SSSR count). The van der Waals surface area contributed by atoms with Gasteiger partial charge in [0, 0.05) is 18.8 Å². The van der Waals surface area contributed by atoms with Crippen LogP contribution in [0.1, 0.15) is 43.3 Å². The molecule has 216 valence electrons. The number of furan rings is 1. The SMILES string of the molecule is CCCCCN(CC(=O)N(CCc1ccc(OC)c(OC)c1)Cc1ccc(C)o1)C(=O)Nc1ccc(OC)cc1. The highest BCUT2D eigenvalue weighted by Crippen LogP contribution is 2.28. The van der Waals surface area contributed by atoms with E-state index < -0.39 is 0 Å². The standard InChI is InChI=1S/C31H41N3O6/c1-6-7-8-18-34(31(36)32-25-11-14-26(37-3)15-12-25)22-30(35)33(21-27-13-9-23(2)40-27)19-17-24-10-16-28(38-4)29(20-24)39-5/h9-16,20H,6-8,17-19,21-22H2,1-5H3,(H,32,36). The monoisotopic (exact) mass is 551 g/mol. The highest BCUT2D eigenvalue weighted by Gasteiger charge is 2.23. The molecule has 1 aromatic heterocycles. The Hall–Kier alpha value is -4.14. The van der Waals surface area contributed by atoms with E-state index in [4.69, 9.17) is 18.6 Å². The number of aryl methyl sites for hydroxylation is 1. The van der Waals surface area contributed by atoms with Gasteiger partial charge in [-0.3, -0.25) is 4.79 Å². The minimum absolute atomic E-state index is 0.0443. The molecule has 3 amide bonds. The number of ether oxygens (including phenoxy) is 3. The van der Waals surface area contributed by atoms with E-state index in [-0.39, 0.29) is 18.5 Å². The lowest BCUT2D eigenvalue weighted by atomic mass is 10.1. The minimum Gasteiger partial charge on any atom is -0.497 e. The van der Waals surface area contributed by atoms with Crippen LogP contribution in [0.15, 0.2) is 59.0 Å². The predicted molar refractivity (Wildman–Crippen MR) is 155 cm³/mol. The normalized spacial score (nSPS) is 10.6. The van der Waals surface area contributed by atoms with Crippen molar-refractivity contribution >= 4 is 17.6 Å². The van der Waals surface area contributed by atoms with Gasteiger partial charge in [0.1, 0.15) is 23.8 Å². The van der Waals surface area contributed by atoms with Crippen LogP contribution < -0.4 is 19.5 Å². The summed E-state index contributed by atoms with van der Waals surface area (Å²) < 4.78 is 21.8. The number of urea groups is 1. The van der Waals surface area contributed by atoms with Crippen LogP contribution in [-0.2, 0) is 17.8 Å². The second kappa shape index (κ2) is 15.5. The number of unbranched alkanes of at least 4 members (excludes halogenated alkanes) is 2. The predicted octanol–water partition coefficient (Wildman–Crippen LogP) is 5.91. The summed E-state index contributed by atoms with van der Waals surface area (Å²) in [4.78, 5) is 30.3. The maximum absolute atomic E-state index is 13.7. The van der Waals surface area contributed by atoms with Gasteiger partial charge in [0.05, 0.1) is 27.9 Å². The molecule has 9 heteroatoms. The van der Waals surface area contributed by atoms with Gasteiger partial charge in [0.25, 0.3) is 0 Å². The number of rotatable bonds is 15. The average Bonchev–Trinajstić information content (AvgIpc) is 3.39. The molecule has 0 saturated heterocycles. The van der Waals surface area contributed by atoms with Crippen LogP contribution in [-0.4, -0.2) is 62.7 Å². The molecule has 0 aliphatic carbocycles. The van der Waals surface area contributed by atoms with Crippen LogP contribution in [0.4, 0.5) is 10.5 Å². The lowest BCUT2D eigenvalue weighted by Gasteiger charge is -2.27. The summed E-state index contributed by atoms with van der Waals surface area (Å²) in [6.07, 6.45) is 3.38. The zero-order valence-corrected chi connectivity index (χ0v) is 24.2. The van der Waals surface area contributed by atoms with Crippen molar-refractivity contribution in [1.82, 2.24) is 9.80 Å². The fourth-order valence-electron chi connectivity index (χ4n) is 4.30. The molecular formula is C31H41N3O6. The molecule has 0 atom stereocenters. The van der Waals surface area contributed by atoms with Crippen molar-refractivity contribution in [3.8, 4) is 17.2 Å². The number of methoxy groups -OCH3 is 3. The Kier molecular flexibility index (Phi) is 11.7. The van der Waals surface area contributed by atoms with Crippen LogP contribution >= 0.6 is 0 Å². The average molecular weight is 552 g/mol. The number of nitrogens with zero attached hydrogens (tertiary/aromatic N) is 2. The largest absolute Gasteiger partial charge is 0.497 e. The first-order valence-electron chi connectivity index (χ1n) is 13.6. The first-order chi connectivity index (χ1) is 19.4. The summed E-state index contributed by atoms with van der Waals surface area (Å²) in [5.41, 5.74) is 1.64. The Bertz CT molecular complexity index is 1220. The molecule has 40 heavy (non-hydrogen) atoms. The van der Waals surface area contributed by atoms with Gasteiger partial charge in [-0.05, 0) is 73.9 Å². The highest BCUT2D eigenvalue weighted by molar-refractivity contribution is 5.92. The molecule has 1 heterocycles. The molecule has 0 fully saturated rings. The van der Waals surface area contributed by atoms with Crippen LogP contribution in [0.25, 0.3) is 0 Å². The minimum atomic E-state index is -0.316. The van der Waals surface area contributed by atoms with Gasteiger partial charge in [0.2, 0.25) is 5.91 Å². The number of benzene rings is 2. The quantitative estimate of drug-likeness (QED) is 0.236. The van der Waals surface area contributed by atoms with E-state index in [0.29, 0.717) is 54.8 Å². The Morgan fingerprint density at radius 2 is 1.60 bits per heavy atom. The van der Waals surface area contributed by atoms with Gasteiger partial charge < -0.3 is 33.7 Å². The molecule has 1 N–H and O–H groups in total. The van der Waals surface area contributed by atoms with Crippen LogP contribution in [0.3, 0.4) is 0 Å². The number of hydrogen-bond donors (Lipinski definition) is 1. The number of carbonyl (C=O) groups is 2. The van der Waals surface area contributed by atoms with E-state index >= 15 is 0 Å². The summed E-state index contributed by atoms with van der Waals surface area (Å²) in [6, 6.07) is 16.3. The van der Waals surface area contributed by atoms with E-state index in [9.17, 15) is 9.59 Å². The Morgan fingerprint density at radius 1 is 0.850 bits per heavy atom. The third-order valence-electron chi connectivity index (χ3n) is 6.60. The number of nitrogens with one attached hydrogen (secondary N) is 1. The van der Waals surface area contributed by atoms with E-state index in [0.717, 1.165) is 30.6 Å². The van der Waals surface area contributed by atoms with Crippen molar-refractivity contribution in [3.63, 3.8) is 0 Å². The number of anilines is 1. The molecule has 0 bridgehead atoms. The maximum atomic E-state index is 13.7. The molecular weight excluding hydrogens is 510 g/mol. The van der Waals surface area contributed by atoms with Crippen molar-refractivity contribution in [3.05, 3.63) is 71.7 Å². The third kappa shape index (κ3) is 8.97. The van der Waals surface area contributed by atoms with Gasteiger partial charge in [-0.25, -0.2) is 4.79 Å². The fourth-order valence-corrected chi connectivity index (χ4v) is 4.30. The van der Waals surface area contributed by atoms with Crippen molar-refractivity contribution < 1.29 is 28.2 Å². The summed E-state index contributed by atoms with van der Waals surface area (Å²) >= 11 is 0. The van der Waals surface area contributed by atoms with E-state index in [1.807, 2.05) is 37.3 Å². The zero-order chi connectivity index (χ0) is 28.9. The van der Waals surface area contributed by atoms with E-state index in [1.165, 1.54) is 0 Å². The molecule has 0 saturated carbocycles. The first-order valence-corrected chi connectivity index (χ1v) is 13.6. The molecule has 9 nitrogen and oxygen atoms in total. The van der Waals surface area contributed by atoms with E-state index in [1.54, 1.807) is 55.4 Å². The summed E-state index contributed by atoms with van der Waals surface area (Å²) in [5, 5.41) is 2.92. The van der Waals surface area contributed by atoms with Crippen molar-refractivity contribution in [2.75, 3.05) is 46.3 Å². The van der Waals surface area contributed by atoms with Gasteiger partial charge in [-0.1, -0.05) is 25.8 Å². The van der Waals surface area contributed by atoms with Crippen LogP contribution in [0.5, 0.6) is 17.2 Å². The summed E-state index contributed by atoms with van der Waals surface area (Å²) in [5.74, 6) is 3.30. The highest BCUT2D eigenvalue weighted by atomic mass is 16.5. The third-order valence-corrected chi connectivity index (χ3v) is 6.60. The van der Waals surface area contributed by atoms with Gasteiger partial charge in [-0.15, -0.1) is 0 Å². The molecule has 0 spiro atoms. The smallest absolute Gasteiger partial charge is 0.322 e. The van der Waals surface area contributed by atoms with Gasteiger partial charge in [-0.2, -0.15) is 0 Å². The fraction of sp³-hybridized carbons (Fsp3) is 0.419. The molecule has 0 unspecified atom stereocenters. The second-order valence-corrected chi connectivity index (χ2v) is 9.55. The second-order valence-electron chi connectivity index (χ2n) is 9.55. The summed E-state index contributed by atoms with van der Waals surface area (Å²) in [6.45, 7) is 5.16. The molecule has 0 radical (unpaired) electrons. The molecule has 0 aliphatic heterocycles. The molecule has 0 aliphatic rings. The van der Waals surface area contributed by atoms with Crippen LogP contribution in [0, 0.1) is 6.92 Å². The van der Waals surface area contributed by atoms with Crippen molar-refractivity contribution in [1.29, 1.82) is 0 Å². The number of hydrogen-bond acceptors (Lipinski definition) is 6. The molecule has 2 aromatic carbocycles. The summed E-state index contributed by atoms with van der Waals surface area (Å²) in [7, 11) is 4.79. The van der Waals surface area contributed by atoms with Crippen molar-refractivity contribution in [2.24, 2.45) is 0 Å². The Labute approximate surface area is 237 Å². The molecule has 3 aromatic rings. The Morgan fingerprint density at radius 3 is 2.23 bits per heavy atom. The van der Waals surface area contributed by atoms with Gasteiger partial charge in [0.15, 0.2) is 11.5 Å². The van der Waals surface area contributed by atoms with Crippen molar-refractivity contribution in [2.45, 2.75) is 46.1 Å². The zero-order valence-electron chi connectivity index (χ0n) is 24.2.